The molecule has 0 bridgehead atoms. The number of ether oxygens (including phenoxy) is 1. The van der Waals surface area contributed by atoms with E-state index in [9.17, 15) is 13.6 Å². The Morgan fingerprint density at radius 3 is 2.74 bits per heavy atom. The number of amides is 1. The van der Waals surface area contributed by atoms with Gasteiger partial charge in [0.25, 0.3) is 5.91 Å². The van der Waals surface area contributed by atoms with Gasteiger partial charge in [-0.1, -0.05) is 12.1 Å². The molecular weight excluding hydrogens is 254 g/mol. The summed E-state index contributed by atoms with van der Waals surface area (Å²) in [7, 11) is 0. The van der Waals surface area contributed by atoms with E-state index in [0.29, 0.717) is 0 Å². The van der Waals surface area contributed by atoms with Crippen molar-refractivity contribution in [2.24, 2.45) is 5.73 Å². The fourth-order valence-corrected chi connectivity index (χ4v) is 2.27. The molecule has 2 unspecified atom stereocenters. The van der Waals surface area contributed by atoms with E-state index in [1.54, 1.807) is 6.07 Å². The van der Waals surface area contributed by atoms with Gasteiger partial charge >= 0.3 is 6.61 Å². The van der Waals surface area contributed by atoms with Crippen molar-refractivity contribution in [2.75, 3.05) is 0 Å². The summed E-state index contributed by atoms with van der Waals surface area (Å²) in [5.41, 5.74) is 5.96. The van der Waals surface area contributed by atoms with Crippen LogP contribution in [0, 0.1) is 0 Å². The van der Waals surface area contributed by atoms with Crippen LogP contribution in [0.15, 0.2) is 24.3 Å². The van der Waals surface area contributed by atoms with Crippen LogP contribution in [-0.2, 0) is 0 Å². The van der Waals surface area contributed by atoms with Crippen molar-refractivity contribution in [3.63, 3.8) is 0 Å². The smallest absolute Gasteiger partial charge is 0.387 e. The molecular formula is C13H16F2N2O2. The van der Waals surface area contributed by atoms with Crippen molar-refractivity contribution in [2.45, 2.75) is 38.0 Å². The largest absolute Gasteiger partial charge is 0.434 e. The van der Waals surface area contributed by atoms with E-state index in [1.807, 2.05) is 0 Å². The number of rotatable bonds is 4. The summed E-state index contributed by atoms with van der Waals surface area (Å²) < 4.78 is 28.8. The van der Waals surface area contributed by atoms with Crippen LogP contribution < -0.4 is 15.8 Å². The molecule has 1 saturated carbocycles. The zero-order valence-electron chi connectivity index (χ0n) is 10.3. The number of alkyl halides is 2. The molecule has 1 aromatic carbocycles. The van der Waals surface area contributed by atoms with E-state index in [-0.39, 0.29) is 23.4 Å². The van der Waals surface area contributed by atoms with Crippen LogP contribution in [0.4, 0.5) is 8.78 Å². The first-order chi connectivity index (χ1) is 9.08. The zero-order valence-corrected chi connectivity index (χ0v) is 10.3. The molecule has 0 radical (unpaired) electrons. The van der Waals surface area contributed by atoms with Crippen molar-refractivity contribution in [3.05, 3.63) is 29.8 Å². The average molecular weight is 270 g/mol. The lowest BCUT2D eigenvalue weighted by molar-refractivity contribution is -0.0501. The maximum absolute atomic E-state index is 12.3. The summed E-state index contributed by atoms with van der Waals surface area (Å²) in [6.45, 7) is -2.96. The van der Waals surface area contributed by atoms with Gasteiger partial charge in [0.05, 0.1) is 5.56 Å². The quantitative estimate of drug-likeness (QED) is 0.878. The zero-order chi connectivity index (χ0) is 13.8. The molecule has 0 saturated heterocycles. The van der Waals surface area contributed by atoms with Crippen molar-refractivity contribution >= 4 is 5.91 Å². The predicted molar refractivity (Wildman–Crippen MR) is 66.2 cm³/mol. The van der Waals surface area contributed by atoms with Crippen LogP contribution in [0.3, 0.4) is 0 Å². The van der Waals surface area contributed by atoms with E-state index in [0.717, 1.165) is 19.3 Å². The fourth-order valence-electron chi connectivity index (χ4n) is 2.27. The molecule has 0 heterocycles. The molecule has 2 rings (SSSR count). The molecule has 0 aliphatic heterocycles. The van der Waals surface area contributed by atoms with Crippen LogP contribution in [0.2, 0.25) is 0 Å². The minimum absolute atomic E-state index is 0.0767. The summed E-state index contributed by atoms with van der Waals surface area (Å²) >= 11 is 0. The average Bonchev–Trinajstić information content (AvgIpc) is 2.75. The minimum Gasteiger partial charge on any atom is -0.434 e. The van der Waals surface area contributed by atoms with Gasteiger partial charge in [0.15, 0.2) is 0 Å². The first kappa shape index (κ1) is 13.7. The maximum Gasteiger partial charge on any atom is 0.387 e. The lowest BCUT2D eigenvalue weighted by Crippen LogP contribution is -2.44. The maximum atomic E-state index is 12.3. The van der Waals surface area contributed by atoms with Crippen molar-refractivity contribution < 1.29 is 18.3 Å². The van der Waals surface area contributed by atoms with Gasteiger partial charge in [-0.15, -0.1) is 0 Å². The molecule has 6 heteroatoms. The van der Waals surface area contributed by atoms with E-state index < -0.39 is 12.5 Å². The molecule has 2 atom stereocenters. The van der Waals surface area contributed by atoms with Gasteiger partial charge < -0.3 is 15.8 Å². The SMILES string of the molecule is NC1CCCC1NC(=O)c1ccccc1OC(F)F. The topological polar surface area (TPSA) is 64.3 Å². The number of benzene rings is 1. The molecule has 1 aromatic rings. The molecule has 1 aliphatic rings. The number of carbonyl (C=O) groups is 1. The van der Waals surface area contributed by atoms with Crippen molar-refractivity contribution in [1.82, 2.24) is 5.32 Å². The van der Waals surface area contributed by atoms with Crippen LogP contribution in [-0.4, -0.2) is 24.6 Å². The molecule has 1 fully saturated rings. The summed E-state index contributed by atoms with van der Waals surface area (Å²) in [6, 6.07) is 5.75. The Kier molecular flexibility index (Phi) is 4.31. The molecule has 19 heavy (non-hydrogen) atoms. The fraction of sp³-hybridized carbons (Fsp3) is 0.462. The number of halogens is 2. The molecule has 4 nitrogen and oxygen atoms in total. The van der Waals surface area contributed by atoms with Crippen molar-refractivity contribution in [1.29, 1.82) is 0 Å². The second kappa shape index (κ2) is 5.97. The minimum atomic E-state index is -2.96. The standard InChI is InChI=1S/C13H16F2N2O2/c14-13(15)19-11-7-2-1-4-8(11)12(18)17-10-6-3-5-9(10)16/h1-2,4,7,9-10,13H,3,5-6,16H2,(H,17,18). The molecule has 0 spiro atoms. The van der Waals surface area contributed by atoms with Gasteiger partial charge in [-0.2, -0.15) is 8.78 Å². The lowest BCUT2D eigenvalue weighted by atomic mass is 10.1. The number of nitrogens with one attached hydrogen (secondary N) is 1. The Morgan fingerprint density at radius 2 is 2.11 bits per heavy atom. The van der Waals surface area contributed by atoms with E-state index >= 15 is 0 Å². The third-order valence-corrected chi connectivity index (χ3v) is 3.23. The highest BCUT2D eigenvalue weighted by atomic mass is 19.3. The number of nitrogens with two attached hydrogens (primary N) is 1. The molecule has 0 aromatic heterocycles. The van der Waals surface area contributed by atoms with Gasteiger partial charge in [0, 0.05) is 12.1 Å². The van der Waals surface area contributed by atoms with Crippen molar-refractivity contribution in [3.8, 4) is 5.75 Å². The normalized spacial score (nSPS) is 22.5. The van der Waals surface area contributed by atoms with E-state index in [2.05, 4.69) is 10.1 Å². The summed E-state index contributed by atoms with van der Waals surface area (Å²) in [6.07, 6.45) is 2.63. The number of hydrogen-bond acceptors (Lipinski definition) is 3. The number of hydrogen-bond donors (Lipinski definition) is 2. The van der Waals surface area contributed by atoms with E-state index in [4.69, 9.17) is 5.73 Å². The Bertz CT molecular complexity index is 454. The molecule has 1 aliphatic carbocycles. The second-order valence-corrected chi connectivity index (χ2v) is 4.55. The Labute approximate surface area is 109 Å². The van der Waals surface area contributed by atoms with Gasteiger partial charge in [-0.25, -0.2) is 0 Å². The molecule has 3 N–H and O–H groups in total. The van der Waals surface area contributed by atoms with Crippen LogP contribution in [0.5, 0.6) is 5.75 Å². The highest BCUT2D eigenvalue weighted by molar-refractivity contribution is 5.97. The predicted octanol–water partition coefficient (Wildman–Crippen LogP) is 1.90. The first-order valence-corrected chi connectivity index (χ1v) is 6.18. The summed E-state index contributed by atoms with van der Waals surface area (Å²) in [5.74, 6) is -0.555. The highest BCUT2D eigenvalue weighted by Crippen LogP contribution is 2.22. The summed E-state index contributed by atoms with van der Waals surface area (Å²) in [5, 5.41) is 2.77. The summed E-state index contributed by atoms with van der Waals surface area (Å²) in [4.78, 5) is 12.1. The van der Waals surface area contributed by atoms with Gasteiger partial charge in [0.1, 0.15) is 5.75 Å². The lowest BCUT2D eigenvalue weighted by Gasteiger charge is -2.18. The number of carbonyl (C=O) groups excluding carboxylic acids is 1. The highest BCUT2D eigenvalue weighted by Gasteiger charge is 2.26. The van der Waals surface area contributed by atoms with Crippen LogP contribution >= 0.6 is 0 Å². The van der Waals surface area contributed by atoms with Crippen LogP contribution in [0.25, 0.3) is 0 Å². The third kappa shape index (κ3) is 3.41. The molecule has 104 valence electrons. The van der Waals surface area contributed by atoms with Crippen LogP contribution in [0.1, 0.15) is 29.6 Å². The second-order valence-electron chi connectivity index (χ2n) is 4.55. The van der Waals surface area contributed by atoms with Gasteiger partial charge in [-0.3, -0.25) is 4.79 Å². The Morgan fingerprint density at radius 1 is 1.37 bits per heavy atom. The third-order valence-electron chi connectivity index (χ3n) is 3.23. The van der Waals surface area contributed by atoms with Gasteiger partial charge in [-0.05, 0) is 31.4 Å². The molecule has 1 amide bonds. The Hall–Kier alpha value is -1.69. The monoisotopic (exact) mass is 270 g/mol. The first-order valence-electron chi connectivity index (χ1n) is 6.18. The number of para-hydroxylation sites is 1. The van der Waals surface area contributed by atoms with Gasteiger partial charge in [0.2, 0.25) is 0 Å². The van der Waals surface area contributed by atoms with E-state index in [1.165, 1.54) is 18.2 Å². The Balaban J connectivity index is 2.10.